The molecule has 0 spiro atoms. The molecule has 1 aliphatic heterocycles. The molecular weight excluding hydrogens is 300 g/mol. The van der Waals surface area contributed by atoms with Crippen molar-refractivity contribution in [2.45, 2.75) is 32.2 Å². The molecule has 0 aliphatic carbocycles. The minimum atomic E-state index is -0.112. The minimum absolute atomic E-state index is 0.102. The first-order valence-corrected chi connectivity index (χ1v) is 8.26. The van der Waals surface area contributed by atoms with E-state index in [1.807, 2.05) is 26.3 Å². The van der Waals surface area contributed by atoms with E-state index in [0.29, 0.717) is 12.2 Å². The Bertz CT molecular complexity index is 673. The Morgan fingerprint density at radius 2 is 2.41 bits per heavy atom. The van der Waals surface area contributed by atoms with Gasteiger partial charge in [0, 0.05) is 36.8 Å². The van der Waals surface area contributed by atoms with E-state index in [9.17, 15) is 4.79 Å². The molecule has 0 unspecified atom stereocenters. The highest BCUT2D eigenvalue weighted by molar-refractivity contribution is 7.09. The van der Waals surface area contributed by atoms with Crippen molar-refractivity contribution in [3.63, 3.8) is 0 Å². The molecule has 3 heterocycles. The zero-order valence-corrected chi connectivity index (χ0v) is 13.8. The Hall–Kier alpha value is -1.73. The zero-order valence-electron chi connectivity index (χ0n) is 13.0. The molecule has 1 N–H and O–H groups in total. The maximum Gasteiger partial charge on any atom is 0.255 e. The molecule has 1 amide bonds. The van der Waals surface area contributed by atoms with Gasteiger partial charge in [-0.25, -0.2) is 4.98 Å². The fraction of sp³-hybridized carbons (Fsp3) is 0.533. The van der Waals surface area contributed by atoms with Crippen LogP contribution in [0.15, 0.2) is 11.6 Å². The summed E-state index contributed by atoms with van der Waals surface area (Å²) in [6.07, 6.45) is 2.70. The smallest absolute Gasteiger partial charge is 0.255 e. The lowest BCUT2D eigenvalue weighted by molar-refractivity contribution is 0.0938. The molecule has 1 aliphatic rings. The number of nitrogens with zero attached hydrogens (tertiary/aromatic N) is 3. The number of ether oxygens (including phenoxy) is 1. The van der Waals surface area contributed by atoms with Crippen LogP contribution in [0.25, 0.3) is 0 Å². The molecule has 3 rings (SSSR count). The Morgan fingerprint density at radius 1 is 1.59 bits per heavy atom. The molecule has 2 aromatic rings. The Balaban J connectivity index is 1.77. The third-order valence-corrected chi connectivity index (χ3v) is 4.92. The molecule has 1 saturated heterocycles. The summed E-state index contributed by atoms with van der Waals surface area (Å²) in [5, 5.41) is 10.4. The standard InChI is InChI=1S/C15H20N4O2S/c1-9-8-22-15(16-9)10(2)17-14(20)12-6-19(3)18-13(12)11-4-5-21-7-11/h6,8,10-11H,4-5,7H2,1-3H3,(H,17,20)/t10-,11+/m1/s1. The number of thiazole rings is 1. The van der Waals surface area contributed by atoms with Crippen LogP contribution in [0.5, 0.6) is 0 Å². The number of carbonyl (C=O) groups is 1. The fourth-order valence-corrected chi connectivity index (χ4v) is 3.44. The number of rotatable bonds is 4. The van der Waals surface area contributed by atoms with Gasteiger partial charge in [-0.1, -0.05) is 0 Å². The van der Waals surface area contributed by atoms with Crippen molar-refractivity contribution in [3.8, 4) is 0 Å². The number of nitrogens with one attached hydrogen (secondary N) is 1. The van der Waals surface area contributed by atoms with Gasteiger partial charge in [-0.2, -0.15) is 5.10 Å². The van der Waals surface area contributed by atoms with Gasteiger partial charge in [0.05, 0.1) is 23.9 Å². The molecule has 118 valence electrons. The van der Waals surface area contributed by atoms with Crippen LogP contribution in [-0.2, 0) is 11.8 Å². The van der Waals surface area contributed by atoms with Gasteiger partial charge < -0.3 is 10.1 Å². The summed E-state index contributed by atoms with van der Waals surface area (Å²) < 4.78 is 7.11. The quantitative estimate of drug-likeness (QED) is 0.937. The third kappa shape index (κ3) is 3.05. The van der Waals surface area contributed by atoms with Crippen molar-refractivity contribution >= 4 is 17.2 Å². The molecule has 22 heavy (non-hydrogen) atoms. The average molecular weight is 320 g/mol. The summed E-state index contributed by atoms with van der Waals surface area (Å²) >= 11 is 1.56. The van der Waals surface area contributed by atoms with Crippen LogP contribution < -0.4 is 5.32 Å². The van der Waals surface area contributed by atoms with Gasteiger partial charge in [0.1, 0.15) is 5.01 Å². The highest BCUT2D eigenvalue weighted by atomic mass is 32.1. The molecule has 0 radical (unpaired) electrons. The normalized spacial score (nSPS) is 19.3. The summed E-state index contributed by atoms with van der Waals surface area (Å²) in [7, 11) is 1.84. The third-order valence-electron chi connectivity index (χ3n) is 3.77. The van der Waals surface area contributed by atoms with Crippen molar-refractivity contribution in [3.05, 3.63) is 33.5 Å². The predicted molar refractivity (Wildman–Crippen MR) is 84.1 cm³/mol. The van der Waals surface area contributed by atoms with E-state index in [-0.39, 0.29) is 17.9 Å². The molecular formula is C15H20N4O2S. The van der Waals surface area contributed by atoms with Crippen LogP contribution >= 0.6 is 11.3 Å². The SMILES string of the molecule is Cc1csc([C@@H](C)NC(=O)c2cn(C)nc2[C@H]2CCOC2)n1. The molecule has 0 bridgehead atoms. The molecule has 2 atom stereocenters. The summed E-state index contributed by atoms with van der Waals surface area (Å²) in [6, 6.07) is -0.112. The number of hydrogen-bond acceptors (Lipinski definition) is 5. The first-order valence-electron chi connectivity index (χ1n) is 7.38. The minimum Gasteiger partial charge on any atom is -0.381 e. The van der Waals surface area contributed by atoms with Crippen molar-refractivity contribution in [1.82, 2.24) is 20.1 Å². The van der Waals surface area contributed by atoms with Crippen LogP contribution in [0, 0.1) is 6.92 Å². The first-order chi connectivity index (χ1) is 10.5. The van der Waals surface area contributed by atoms with E-state index in [2.05, 4.69) is 15.4 Å². The van der Waals surface area contributed by atoms with E-state index in [1.54, 1.807) is 22.2 Å². The zero-order chi connectivity index (χ0) is 15.7. The van der Waals surface area contributed by atoms with Gasteiger partial charge in [0.15, 0.2) is 0 Å². The van der Waals surface area contributed by atoms with Gasteiger partial charge in [-0.3, -0.25) is 9.48 Å². The van der Waals surface area contributed by atoms with Crippen LogP contribution in [0.1, 0.15) is 52.1 Å². The van der Waals surface area contributed by atoms with Crippen LogP contribution in [0.4, 0.5) is 0 Å². The number of hydrogen-bond donors (Lipinski definition) is 1. The van der Waals surface area contributed by atoms with Gasteiger partial charge in [-0.15, -0.1) is 11.3 Å². The summed E-state index contributed by atoms with van der Waals surface area (Å²) in [5.74, 6) is 0.106. The number of aryl methyl sites for hydroxylation is 2. The van der Waals surface area contributed by atoms with E-state index >= 15 is 0 Å². The molecule has 0 saturated carbocycles. The van der Waals surface area contributed by atoms with Gasteiger partial charge in [0.25, 0.3) is 5.91 Å². The number of carbonyl (C=O) groups excluding carboxylic acids is 1. The van der Waals surface area contributed by atoms with Crippen LogP contribution in [0.2, 0.25) is 0 Å². The van der Waals surface area contributed by atoms with Crippen LogP contribution in [-0.4, -0.2) is 33.9 Å². The molecule has 2 aromatic heterocycles. The molecule has 1 fully saturated rings. The second-order valence-corrected chi connectivity index (χ2v) is 6.57. The average Bonchev–Trinajstić information content (AvgIpc) is 3.17. The van der Waals surface area contributed by atoms with Crippen molar-refractivity contribution < 1.29 is 9.53 Å². The lowest BCUT2D eigenvalue weighted by Gasteiger charge is -2.12. The fourth-order valence-electron chi connectivity index (χ4n) is 2.64. The predicted octanol–water partition coefficient (Wildman–Crippen LogP) is 2.18. The van der Waals surface area contributed by atoms with Gasteiger partial charge >= 0.3 is 0 Å². The maximum atomic E-state index is 12.6. The molecule has 0 aromatic carbocycles. The highest BCUT2D eigenvalue weighted by Gasteiger charge is 2.27. The Kier molecular flexibility index (Phi) is 4.26. The monoisotopic (exact) mass is 320 g/mol. The Labute approximate surface area is 133 Å². The van der Waals surface area contributed by atoms with E-state index in [0.717, 1.165) is 29.4 Å². The van der Waals surface area contributed by atoms with Gasteiger partial charge in [-0.05, 0) is 20.3 Å². The van der Waals surface area contributed by atoms with Gasteiger partial charge in [0.2, 0.25) is 0 Å². The van der Waals surface area contributed by atoms with E-state index in [4.69, 9.17) is 4.74 Å². The Morgan fingerprint density at radius 3 is 3.05 bits per heavy atom. The number of aromatic nitrogens is 3. The summed E-state index contributed by atoms with van der Waals surface area (Å²) in [4.78, 5) is 17.0. The second-order valence-electron chi connectivity index (χ2n) is 5.68. The maximum absolute atomic E-state index is 12.6. The van der Waals surface area contributed by atoms with Crippen molar-refractivity contribution in [2.24, 2.45) is 7.05 Å². The first kappa shape index (κ1) is 15.2. The highest BCUT2D eigenvalue weighted by Crippen LogP contribution is 2.27. The van der Waals surface area contributed by atoms with E-state index in [1.165, 1.54) is 0 Å². The van der Waals surface area contributed by atoms with E-state index < -0.39 is 0 Å². The second kappa shape index (κ2) is 6.18. The lowest BCUT2D eigenvalue weighted by atomic mass is 10.0. The van der Waals surface area contributed by atoms with Crippen LogP contribution in [0.3, 0.4) is 0 Å². The largest absolute Gasteiger partial charge is 0.381 e. The summed E-state index contributed by atoms with van der Waals surface area (Å²) in [6.45, 7) is 5.27. The van der Waals surface area contributed by atoms with Crippen molar-refractivity contribution in [2.75, 3.05) is 13.2 Å². The summed E-state index contributed by atoms with van der Waals surface area (Å²) in [5.41, 5.74) is 2.45. The number of amides is 1. The molecule has 7 heteroatoms. The lowest BCUT2D eigenvalue weighted by Crippen LogP contribution is -2.27. The molecule has 6 nitrogen and oxygen atoms in total. The van der Waals surface area contributed by atoms with Crippen molar-refractivity contribution in [1.29, 1.82) is 0 Å². The topological polar surface area (TPSA) is 69.0 Å².